The predicted molar refractivity (Wildman–Crippen MR) is 113 cm³/mol. The summed E-state index contributed by atoms with van der Waals surface area (Å²) >= 11 is 1.75. The van der Waals surface area contributed by atoms with Gasteiger partial charge in [0, 0.05) is 0 Å². The molecule has 0 saturated carbocycles. The molecule has 1 heterocycles. The van der Waals surface area contributed by atoms with Crippen molar-refractivity contribution >= 4 is 11.3 Å². The van der Waals surface area contributed by atoms with Crippen LogP contribution in [0.4, 0.5) is 0 Å². The van der Waals surface area contributed by atoms with Gasteiger partial charge in [-0.2, -0.15) is 0 Å². The number of thiazole rings is 1. The molecule has 0 atom stereocenters. The first-order chi connectivity index (χ1) is 13.3. The van der Waals surface area contributed by atoms with E-state index in [0.29, 0.717) is 0 Å². The van der Waals surface area contributed by atoms with Crippen LogP contribution >= 0.6 is 11.3 Å². The van der Waals surface area contributed by atoms with Crippen molar-refractivity contribution in [1.29, 1.82) is 0 Å². The van der Waals surface area contributed by atoms with E-state index >= 15 is 0 Å². The molecule has 0 saturated heterocycles. The van der Waals surface area contributed by atoms with E-state index in [1.165, 1.54) is 21.6 Å². The standard InChI is InChI=1S/C24H21NOS/c1-17-25-23(24(27-17)20-13-15-21(26-2)16-14-20)22(18-9-5-3-6-10-18)19-11-7-4-8-12-19/h3-16,22H,1-2H3. The van der Waals surface area contributed by atoms with Crippen LogP contribution in [-0.2, 0) is 0 Å². The molecule has 0 unspecified atom stereocenters. The molecule has 0 aliphatic carbocycles. The average molecular weight is 372 g/mol. The summed E-state index contributed by atoms with van der Waals surface area (Å²) in [6.45, 7) is 2.08. The highest BCUT2D eigenvalue weighted by Crippen LogP contribution is 2.40. The van der Waals surface area contributed by atoms with Crippen LogP contribution in [0.3, 0.4) is 0 Å². The molecule has 4 rings (SSSR count). The molecule has 0 radical (unpaired) electrons. The minimum absolute atomic E-state index is 0.106. The highest BCUT2D eigenvalue weighted by atomic mass is 32.1. The number of methoxy groups -OCH3 is 1. The van der Waals surface area contributed by atoms with E-state index in [9.17, 15) is 0 Å². The average Bonchev–Trinajstić information content (AvgIpc) is 3.11. The van der Waals surface area contributed by atoms with Crippen molar-refractivity contribution in [2.24, 2.45) is 0 Å². The van der Waals surface area contributed by atoms with Crippen LogP contribution in [-0.4, -0.2) is 12.1 Å². The van der Waals surface area contributed by atoms with Crippen LogP contribution in [0, 0.1) is 6.92 Å². The maximum Gasteiger partial charge on any atom is 0.118 e. The molecule has 2 nitrogen and oxygen atoms in total. The summed E-state index contributed by atoms with van der Waals surface area (Å²) in [6, 6.07) is 29.5. The molecule has 4 aromatic rings. The lowest BCUT2D eigenvalue weighted by atomic mass is 9.87. The third-order valence-electron chi connectivity index (χ3n) is 4.65. The summed E-state index contributed by atoms with van der Waals surface area (Å²) in [4.78, 5) is 6.19. The lowest BCUT2D eigenvalue weighted by molar-refractivity contribution is 0.415. The van der Waals surface area contributed by atoms with Gasteiger partial charge in [-0.05, 0) is 47.9 Å². The van der Waals surface area contributed by atoms with Crippen molar-refractivity contribution in [3.8, 4) is 16.2 Å². The van der Waals surface area contributed by atoms with Crippen LogP contribution in [0.2, 0.25) is 0 Å². The largest absolute Gasteiger partial charge is 0.497 e. The molecule has 134 valence electrons. The minimum atomic E-state index is 0.106. The summed E-state index contributed by atoms with van der Waals surface area (Å²) < 4.78 is 5.31. The summed E-state index contributed by atoms with van der Waals surface area (Å²) in [5, 5.41) is 1.08. The van der Waals surface area contributed by atoms with Gasteiger partial charge in [0.25, 0.3) is 0 Å². The molecule has 0 fully saturated rings. The molecule has 0 bridgehead atoms. The first-order valence-corrected chi connectivity index (χ1v) is 9.79. The summed E-state index contributed by atoms with van der Waals surface area (Å²) in [7, 11) is 1.69. The van der Waals surface area contributed by atoms with E-state index in [4.69, 9.17) is 9.72 Å². The Labute approximate surface area is 164 Å². The predicted octanol–water partition coefficient (Wildman–Crippen LogP) is 6.31. The third-order valence-corrected chi connectivity index (χ3v) is 5.69. The van der Waals surface area contributed by atoms with Crippen molar-refractivity contribution in [2.45, 2.75) is 12.8 Å². The number of ether oxygens (including phenoxy) is 1. The summed E-state index contributed by atoms with van der Waals surface area (Å²) in [6.07, 6.45) is 0. The molecule has 0 amide bonds. The number of nitrogens with zero attached hydrogens (tertiary/aromatic N) is 1. The molecular weight excluding hydrogens is 350 g/mol. The molecule has 3 aromatic carbocycles. The Kier molecular flexibility index (Phi) is 5.03. The summed E-state index contributed by atoms with van der Waals surface area (Å²) in [5.74, 6) is 0.971. The van der Waals surface area contributed by atoms with E-state index in [0.717, 1.165) is 16.5 Å². The highest BCUT2D eigenvalue weighted by molar-refractivity contribution is 7.15. The first-order valence-electron chi connectivity index (χ1n) is 8.98. The van der Waals surface area contributed by atoms with Crippen LogP contribution in [0.15, 0.2) is 84.9 Å². The van der Waals surface area contributed by atoms with E-state index < -0.39 is 0 Å². The van der Waals surface area contributed by atoms with E-state index in [1.807, 2.05) is 12.1 Å². The van der Waals surface area contributed by atoms with Gasteiger partial charge in [-0.3, -0.25) is 0 Å². The molecule has 0 N–H and O–H groups in total. The quantitative estimate of drug-likeness (QED) is 0.410. The molecule has 0 aliphatic rings. The number of aromatic nitrogens is 1. The molecule has 0 spiro atoms. The number of rotatable bonds is 5. The van der Waals surface area contributed by atoms with Crippen LogP contribution in [0.1, 0.15) is 27.7 Å². The van der Waals surface area contributed by atoms with E-state index in [-0.39, 0.29) is 5.92 Å². The van der Waals surface area contributed by atoms with Crippen molar-refractivity contribution in [3.05, 3.63) is 107 Å². The molecular formula is C24H21NOS. The Morgan fingerprint density at radius 2 is 1.33 bits per heavy atom. The summed E-state index contributed by atoms with van der Waals surface area (Å²) in [5.41, 5.74) is 4.79. The maximum atomic E-state index is 5.31. The van der Waals surface area contributed by atoms with Gasteiger partial charge in [-0.15, -0.1) is 11.3 Å². The monoisotopic (exact) mass is 371 g/mol. The fraction of sp³-hybridized carbons (Fsp3) is 0.125. The smallest absolute Gasteiger partial charge is 0.118 e. The van der Waals surface area contributed by atoms with E-state index in [1.54, 1.807) is 18.4 Å². The highest BCUT2D eigenvalue weighted by Gasteiger charge is 2.24. The van der Waals surface area contributed by atoms with Gasteiger partial charge in [0.1, 0.15) is 5.75 Å². The zero-order valence-corrected chi connectivity index (χ0v) is 16.2. The fourth-order valence-corrected chi connectivity index (χ4v) is 4.35. The van der Waals surface area contributed by atoms with Gasteiger partial charge in [-0.1, -0.05) is 60.7 Å². The SMILES string of the molecule is COc1ccc(-c2sc(C)nc2C(c2ccccc2)c2ccccc2)cc1. The van der Waals surface area contributed by atoms with Gasteiger partial charge >= 0.3 is 0 Å². The third kappa shape index (κ3) is 3.64. The molecule has 3 heteroatoms. The van der Waals surface area contributed by atoms with Crippen LogP contribution < -0.4 is 4.74 Å². The Bertz CT molecular complexity index is 968. The second-order valence-electron chi connectivity index (χ2n) is 6.43. The number of hydrogen-bond donors (Lipinski definition) is 0. The number of hydrogen-bond acceptors (Lipinski definition) is 3. The molecule has 27 heavy (non-hydrogen) atoms. The lowest BCUT2D eigenvalue weighted by Crippen LogP contribution is -2.05. The zero-order chi connectivity index (χ0) is 18.6. The Balaban J connectivity index is 1.88. The minimum Gasteiger partial charge on any atom is -0.497 e. The van der Waals surface area contributed by atoms with Crippen molar-refractivity contribution < 1.29 is 4.74 Å². The van der Waals surface area contributed by atoms with Crippen molar-refractivity contribution in [1.82, 2.24) is 4.98 Å². The van der Waals surface area contributed by atoms with Gasteiger partial charge in [0.2, 0.25) is 0 Å². The van der Waals surface area contributed by atoms with Crippen molar-refractivity contribution in [2.75, 3.05) is 7.11 Å². The van der Waals surface area contributed by atoms with Gasteiger partial charge in [-0.25, -0.2) is 4.98 Å². The Hall–Kier alpha value is -2.91. The second kappa shape index (κ2) is 7.77. The van der Waals surface area contributed by atoms with Gasteiger partial charge in [0.05, 0.1) is 28.6 Å². The van der Waals surface area contributed by atoms with Crippen molar-refractivity contribution in [3.63, 3.8) is 0 Å². The zero-order valence-electron chi connectivity index (χ0n) is 15.4. The Morgan fingerprint density at radius 1 is 0.778 bits per heavy atom. The lowest BCUT2D eigenvalue weighted by Gasteiger charge is -2.18. The van der Waals surface area contributed by atoms with Crippen LogP contribution in [0.25, 0.3) is 10.4 Å². The number of aryl methyl sites for hydroxylation is 1. The maximum absolute atomic E-state index is 5.31. The topological polar surface area (TPSA) is 22.1 Å². The van der Waals surface area contributed by atoms with Gasteiger partial charge in [0.15, 0.2) is 0 Å². The normalized spacial score (nSPS) is 10.9. The first kappa shape index (κ1) is 17.5. The second-order valence-corrected chi connectivity index (χ2v) is 7.63. The Morgan fingerprint density at radius 3 is 1.85 bits per heavy atom. The van der Waals surface area contributed by atoms with Gasteiger partial charge < -0.3 is 4.74 Å². The van der Waals surface area contributed by atoms with Crippen LogP contribution in [0.5, 0.6) is 5.75 Å². The van der Waals surface area contributed by atoms with E-state index in [2.05, 4.69) is 79.7 Å². The molecule has 1 aromatic heterocycles. The molecule has 0 aliphatic heterocycles. The fourth-order valence-electron chi connectivity index (χ4n) is 3.39. The number of benzene rings is 3.